The highest BCUT2D eigenvalue weighted by Crippen LogP contribution is 2.65. The summed E-state index contributed by atoms with van der Waals surface area (Å²) < 4.78 is 56.7. The maximum Gasteiger partial charge on any atom is 0.315 e. The van der Waals surface area contributed by atoms with Gasteiger partial charge >= 0.3 is 6.03 Å². The summed E-state index contributed by atoms with van der Waals surface area (Å²) >= 11 is 0. The van der Waals surface area contributed by atoms with Gasteiger partial charge < -0.3 is 26.2 Å². The lowest BCUT2D eigenvalue weighted by Gasteiger charge is -2.42. The Kier molecular flexibility index (Phi) is 10.8. The number of piperidine rings is 1. The monoisotopic (exact) mass is 739 g/mol. The van der Waals surface area contributed by atoms with Crippen LogP contribution in [-0.2, 0) is 29.0 Å². The lowest BCUT2D eigenvalue weighted by molar-refractivity contribution is -0.144. The van der Waals surface area contributed by atoms with Crippen LogP contribution in [0.1, 0.15) is 123 Å². The predicted molar refractivity (Wildman–Crippen MR) is 184 cm³/mol. The molecule has 6 aliphatic rings. The zero-order valence-electron chi connectivity index (χ0n) is 29.9. The van der Waals surface area contributed by atoms with Crippen molar-refractivity contribution in [3.8, 4) is 0 Å². The molecule has 3 heterocycles. The fourth-order valence-electron chi connectivity index (χ4n) is 9.55. The first-order chi connectivity index (χ1) is 24.0. The molecule has 0 spiro atoms. The third-order valence-electron chi connectivity index (χ3n) is 12.8. The van der Waals surface area contributed by atoms with Crippen LogP contribution in [0, 0.1) is 17.3 Å². The smallest absolute Gasteiger partial charge is 0.315 e. The average molecular weight is 740 g/mol. The Hall–Kier alpha value is -2.84. The number of carbonyl (C=O) groups is 5. The molecule has 6 rings (SSSR count). The second kappa shape index (κ2) is 14.5. The predicted octanol–water partition coefficient (Wildman–Crippen LogP) is 3.52. The molecular weight excluding hydrogens is 684 g/mol. The van der Waals surface area contributed by atoms with Crippen LogP contribution in [0.25, 0.3) is 0 Å². The van der Waals surface area contributed by atoms with Gasteiger partial charge in [-0.2, -0.15) is 0 Å². The largest absolute Gasteiger partial charge is 0.347 e. The molecule has 0 aromatic rings. The summed E-state index contributed by atoms with van der Waals surface area (Å²) in [6, 6.07) is -4.39. The summed E-state index contributed by atoms with van der Waals surface area (Å²) in [6.45, 7) is 4.16. The van der Waals surface area contributed by atoms with Crippen LogP contribution >= 0.6 is 0 Å². The number of nitrogens with zero attached hydrogens (tertiary/aromatic N) is 1. The number of amides is 5. The number of sulfone groups is 1. The maximum atomic E-state index is 15.3. The molecule has 6 atom stereocenters. The van der Waals surface area contributed by atoms with Gasteiger partial charge in [-0.3, -0.25) is 19.2 Å². The van der Waals surface area contributed by atoms with Crippen molar-refractivity contribution >= 4 is 39.4 Å². The number of carbonyl (C=O) groups excluding carboxylic acids is 5. The molecule has 3 saturated carbocycles. The highest BCUT2D eigenvalue weighted by Gasteiger charge is 2.69. The Bertz CT molecular complexity index is 1500. The second-order valence-electron chi connectivity index (χ2n) is 16.8. The van der Waals surface area contributed by atoms with Crippen molar-refractivity contribution in [3.05, 3.63) is 0 Å². The van der Waals surface area contributed by atoms with Crippen molar-refractivity contribution in [2.45, 2.75) is 164 Å². The van der Waals surface area contributed by atoms with E-state index in [0.29, 0.717) is 44.9 Å². The molecule has 6 fully saturated rings. The van der Waals surface area contributed by atoms with E-state index in [1.165, 1.54) is 4.90 Å². The Morgan fingerprint density at radius 3 is 2.16 bits per heavy atom. The number of Topliss-reactive ketones (excluding diaryl/α,β-unsaturated/α-hetero) is 1. The van der Waals surface area contributed by atoms with Gasteiger partial charge in [0.15, 0.2) is 9.84 Å². The zero-order chi connectivity index (χ0) is 36.8. The zero-order valence-corrected chi connectivity index (χ0v) is 30.8. The van der Waals surface area contributed by atoms with Gasteiger partial charge in [-0.25, -0.2) is 22.0 Å². The summed E-state index contributed by atoms with van der Waals surface area (Å²) in [5, 5.41) is 10.4. The maximum absolute atomic E-state index is 15.3. The minimum Gasteiger partial charge on any atom is -0.347 e. The molecule has 0 radical (unpaired) electrons. The quantitative estimate of drug-likeness (QED) is 0.302. The summed E-state index contributed by atoms with van der Waals surface area (Å²) in [7, 11) is -3.45. The molecule has 51 heavy (non-hydrogen) atoms. The highest BCUT2D eigenvalue weighted by molar-refractivity contribution is 7.92. The van der Waals surface area contributed by atoms with Crippen LogP contribution in [0.5, 0.6) is 0 Å². The van der Waals surface area contributed by atoms with Crippen molar-refractivity contribution in [1.29, 1.82) is 0 Å². The number of nitrogens with one attached hydrogen (secondary N) is 4. The number of halogens is 2. The standard InChI is InChI=1S/C36H55F2N5O7S/c1-34(2)23-21-43-28(27(23)34)30(45)40-24(29(44)31(46)39-22-13-14-22)11-6-3-4-9-18-36(37,38)19-15-25(32(43)47)41-33(48)42-35(16-7-5-8-17-35)26-12-10-20-51(26,49)50/h22-28H,3-21H2,1-2H3,(H,39,46)(H,40,45)(H2,41,42,48)/t23-,24-,25-,26+,27-,28-/m0/s1. The first-order valence-corrected chi connectivity index (χ1v) is 20.9. The van der Waals surface area contributed by atoms with Gasteiger partial charge in [-0.15, -0.1) is 0 Å². The van der Waals surface area contributed by atoms with Crippen molar-refractivity contribution < 1.29 is 41.2 Å². The molecule has 3 aliphatic heterocycles. The summed E-state index contributed by atoms with van der Waals surface area (Å²) in [4.78, 5) is 69.7. The van der Waals surface area contributed by atoms with E-state index >= 15 is 8.78 Å². The van der Waals surface area contributed by atoms with E-state index < -0.39 is 87.1 Å². The summed E-state index contributed by atoms with van der Waals surface area (Å²) in [6.07, 6.45) is 6.18. The first kappa shape index (κ1) is 37.9. The number of rotatable bonds is 6. The van der Waals surface area contributed by atoms with Gasteiger partial charge in [-0.05, 0) is 75.0 Å². The van der Waals surface area contributed by atoms with E-state index in [9.17, 15) is 32.4 Å². The van der Waals surface area contributed by atoms with E-state index in [4.69, 9.17) is 0 Å². The summed E-state index contributed by atoms with van der Waals surface area (Å²) in [5.74, 6) is -6.15. The number of alkyl halides is 2. The van der Waals surface area contributed by atoms with Crippen molar-refractivity contribution in [1.82, 2.24) is 26.2 Å². The minimum absolute atomic E-state index is 0.0493. The van der Waals surface area contributed by atoms with Gasteiger partial charge in [0.05, 0.1) is 22.6 Å². The van der Waals surface area contributed by atoms with Crippen LogP contribution in [0.3, 0.4) is 0 Å². The summed E-state index contributed by atoms with van der Waals surface area (Å²) in [5.41, 5.74) is -1.31. The lowest BCUT2D eigenvalue weighted by Crippen LogP contribution is -2.63. The molecule has 15 heteroatoms. The van der Waals surface area contributed by atoms with Crippen molar-refractivity contribution in [2.24, 2.45) is 17.3 Å². The molecule has 0 unspecified atom stereocenters. The van der Waals surface area contributed by atoms with E-state index in [2.05, 4.69) is 21.3 Å². The van der Waals surface area contributed by atoms with Gasteiger partial charge in [0.2, 0.25) is 23.5 Å². The normalized spacial score (nSPS) is 34.7. The fraction of sp³-hybridized carbons (Fsp3) is 0.861. The van der Waals surface area contributed by atoms with Crippen LogP contribution in [0.15, 0.2) is 0 Å². The Labute approximate surface area is 299 Å². The molecule has 12 nitrogen and oxygen atoms in total. The Morgan fingerprint density at radius 1 is 0.824 bits per heavy atom. The van der Waals surface area contributed by atoms with Gasteiger partial charge in [0, 0.05) is 25.4 Å². The van der Waals surface area contributed by atoms with Crippen LogP contribution in [0.4, 0.5) is 13.6 Å². The van der Waals surface area contributed by atoms with E-state index in [1.54, 1.807) is 0 Å². The molecule has 0 aromatic carbocycles. The molecule has 5 amide bonds. The SMILES string of the molecule is CC1(C)[C@@H]2[C@H]3C(=O)N[C@H](C(=O)C(=O)NC4CC4)CCCCCCC(F)(F)CC[C@H](NC(=O)NC4([C@H]5CCCS5(=O)=O)CCCCC4)C(=O)N3C[C@@H]21. The molecule has 286 valence electrons. The van der Waals surface area contributed by atoms with Crippen molar-refractivity contribution in [3.63, 3.8) is 0 Å². The molecular formula is C36H55F2N5O7S. The van der Waals surface area contributed by atoms with Gasteiger partial charge in [-0.1, -0.05) is 52.4 Å². The number of fused-ring (bicyclic) bond motifs is 3. The lowest BCUT2D eigenvalue weighted by atomic mass is 9.78. The highest BCUT2D eigenvalue weighted by atomic mass is 32.2. The molecule has 4 N–H and O–H groups in total. The van der Waals surface area contributed by atoms with Crippen LogP contribution in [-0.4, -0.2) is 96.0 Å². The topological polar surface area (TPSA) is 171 Å². The van der Waals surface area contributed by atoms with Gasteiger partial charge in [0.25, 0.3) is 5.91 Å². The van der Waals surface area contributed by atoms with Gasteiger partial charge in [0.1, 0.15) is 12.1 Å². The van der Waals surface area contributed by atoms with E-state index in [-0.39, 0.29) is 54.9 Å². The molecule has 0 aromatic heterocycles. The Balaban J connectivity index is 1.25. The fourth-order valence-corrected chi connectivity index (χ4v) is 11.9. The number of hydrogen-bond donors (Lipinski definition) is 4. The number of urea groups is 1. The average Bonchev–Trinajstić information content (AvgIpc) is 3.85. The number of ketones is 1. The molecule has 3 aliphatic carbocycles. The minimum atomic E-state index is -3.45. The second-order valence-corrected chi connectivity index (χ2v) is 19.1. The van der Waals surface area contributed by atoms with Crippen LogP contribution < -0.4 is 21.3 Å². The number of hydrogen-bond acceptors (Lipinski definition) is 7. The molecule has 0 bridgehead atoms. The van der Waals surface area contributed by atoms with Crippen LogP contribution in [0.2, 0.25) is 0 Å². The first-order valence-electron chi connectivity index (χ1n) is 19.2. The third-order valence-corrected chi connectivity index (χ3v) is 15.2. The Morgan fingerprint density at radius 2 is 1.49 bits per heavy atom. The van der Waals surface area contributed by atoms with Crippen molar-refractivity contribution in [2.75, 3.05) is 12.3 Å². The molecule has 3 saturated heterocycles. The van der Waals surface area contributed by atoms with E-state index in [0.717, 1.165) is 32.1 Å². The third kappa shape index (κ3) is 8.22. The van der Waals surface area contributed by atoms with E-state index in [1.807, 2.05) is 13.8 Å².